The molecule has 2 heterocycles. The minimum atomic E-state index is -1.61. The first kappa shape index (κ1) is 39.8. The predicted octanol–water partition coefficient (Wildman–Crippen LogP) is -0.842. The van der Waals surface area contributed by atoms with Crippen LogP contribution in [-0.2, 0) is 38.1 Å². The molecular weight excluding hydrogens is 648 g/mol. The second-order valence-electron chi connectivity index (χ2n) is 14.0. The van der Waals surface area contributed by atoms with Crippen LogP contribution in [0.2, 0.25) is 0 Å². The quantitative estimate of drug-likeness (QED) is 0.117. The fourth-order valence-electron chi connectivity index (χ4n) is 7.78. The van der Waals surface area contributed by atoms with E-state index >= 15 is 0 Å². The van der Waals surface area contributed by atoms with Crippen LogP contribution in [0.3, 0.4) is 0 Å². The van der Waals surface area contributed by atoms with Gasteiger partial charge in [-0.2, -0.15) is 0 Å². The smallest absolute Gasteiger partial charge is 0.332 e. The van der Waals surface area contributed by atoms with E-state index < -0.39 is 104 Å². The van der Waals surface area contributed by atoms with Crippen molar-refractivity contribution >= 4 is 17.8 Å². The minimum absolute atomic E-state index is 0.0916. The lowest BCUT2D eigenvalue weighted by atomic mass is 9.75. The number of hydrogen-bond acceptors (Lipinski definition) is 13. The molecule has 0 spiro atoms. The third-order valence-corrected chi connectivity index (χ3v) is 10.6. The molecule has 16 heteroatoms. The average molecular weight is 705 g/mol. The van der Waals surface area contributed by atoms with Gasteiger partial charge in [-0.3, -0.25) is 9.59 Å². The van der Waals surface area contributed by atoms with Gasteiger partial charge in [-0.25, -0.2) is 4.79 Å². The molecular formula is C33H56N2O14. The van der Waals surface area contributed by atoms with Gasteiger partial charge in [0.2, 0.25) is 11.8 Å². The first-order valence-electron chi connectivity index (χ1n) is 17.6. The first-order chi connectivity index (χ1) is 23.3. The molecule has 16 nitrogen and oxygen atoms in total. The third-order valence-electron chi connectivity index (χ3n) is 10.6. The SMILES string of the molecule is CCC1CC(C(=O)NC)C[C@@H](O[C@@H]2OC(CO)[C@H](O)C(O[C@@H](CC3CCCCC3)C(=O)O)C2NC(C)=O)[C@@H]1O[C@@H]1OC(C)[C@@H](O)[C@H](O)C1O. The fraction of sp³-hybridized carbons (Fsp3) is 0.909. The summed E-state index contributed by atoms with van der Waals surface area (Å²) in [6, 6.07) is -1.25. The number of carbonyl (C=O) groups excluding carboxylic acids is 2. The molecule has 4 fully saturated rings. The molecule has 2 amide bonds. The number of rotatable bonds is 13. The van der Waals surface area contributed by atoms with E-state index in [0.29, 0.717) is 12.8 Å². The number of hydrogen-bond donors (Lipinski definition) is 8. The molecule has 2 aliphatic carbocycles. The molecule has 49 heavy (non-hydrogen) atoms. The lowest BCUT2D eigenvalue weighted by Gasteiger charge is -2.49. The molecule has 2 saturated heterocycles. The normalized spacial score (nSPS) is 41.1. The average Bonchev–Trinajstić information content (AvgIpc) is 3.08. The number of aliphatic hydroxyl groups excluding tert-OH is 5. The molecule has 4 aliphatic rings. The number of carboxylic acid groups (broad SMARTS) is 1. The fourth-order valence-corrected chi connectivity index (χ4v) is 7.78. The Hall–Kier alpha value is -1.99. The van der Waals surface area contributed by atoms with Crippen LogP contribution in [0.4, 0.5) is 0 Å². The Kier molecular flexibility index (Phi) is 14.6. The number of aliphatic hydroxyl groups is 5. The lowest BCUT2D eigenvalue weighted by Crippen LogP contribution is -2.67. The maximum Gasteiger partial charge on any atom is 0.332 e. The first-order valence-corrected chi connectivity index (χ1v) is 17.6. The summed E-state index contributed by atoms with van der Waals surface area (Å²) in [5.74, 6) is -2.78. The van der Waals surface area contributed by atoms with Gasteiger partial charge in [0.15, 0.2) is 18.7 Å². The monoisotopic (exact) mass is 704 g/mol. The highest BCUT2D eigenvalue weighted by molar-refractivity contribution is 5.78. The summed E-state index contributed by atoms with van der Waals surface area (Å²) in [5.41, 5.74) is 0. The number of amides is 2. The molecule has 2 saturated carbocycles. The van der Waals surface area contributed by atoms with Crippen LogP contribution in [0.5, 0.6) is 0 Å². The lowest BCUT2D eigenvalue weighted by molar-refractivity contribution is -0.338. The molecule has 8 N–H and O–H groups in total. The van der Waals surface area contributed by atoms with Gasteiger partial charge in [-0.1, -0.05) is 45.4 Å². The van der Waals surface area contributed by atoms with Crippen molar-refractivity contribution in [3.8, 4) is 0 Å². The van der Waals surface area contributed by atoms with Crippen molar-refractivity contribution in [1.82, 2.24) is 10.6 Å². The summed E-state index contributed by atoms with van der Waals surface area (Å²) in [7, 11) is 1.51. The number of carbonyl (C=O) groups is 3. The predicted molar refractivity (Wildman–Crippen MR) is 170 cm³/mol. The molecule has 7 unspecified atom stereocenters. The van der Waals surface area contributed by atoms with E-state index in [1.165, 1.54) is 20.9 Å². The third kappa shape index (κ3) is 9.67. The van der Waals surface area contributed by atoms with Crippen molar-refractivity contribution in [1.29, 1.82) is 0 Å². The molecule has 0 bridgehead atoms. The van der Waals surface area contributed by atoms with Gasteiger partial charge in [0, 0.05) is 19.9 Å². The molecule has 0 aromatic carbocycles. The Balaban J connectivity index is 1.65. The van der Waals surface area contributed by atoms with Crippen LogP contribution in [-0.4, -0.2) is 142 Å². The Bertz CT molecular complexity index is 1090. The number of nitrogens with one attached hydrogen (secondary N) is 2. The van der Waals surface area contributed by atoms with Gasteiger partial charge in [0.1, 0.15) is 42.7 Å². The highest BCUT2D eigenvalue weighted by Gasteiger charge is 2.52. The van der Waals surface area contributed by atoms with Crippen molar-refractivity contribution in [2.24, 2.45) is 17.8 Å². The van der Waals surface area contributed by atoms with Gasteiger partial charge in [-0.05, 0) is 38.0 Å². The van der Waals surface area contributed by atoms with Crippen molar-refractivity contribution in [3.63, 3.8) is 0 Å². The molecule has 0 aromatic heterocycles. The number of ether oxygens (including phenoxy) is 5. The molecule has 0 aromatic rings. The van der Waals surface area contributed by atoms with Crippen LogP contribution in [0, 0.1) is 17.8 Å². The van der Waals surface area contributed by atoms with Crippen molar-refractivity contribution in [2.45, 2.75) is 158 Å². The van der Waals surface area contributed by atoms with Crippen LogP contribution in [0.25, 0.3) is 0 Å². The second-order valence-corrected chi connectivity index (χ2v) is 14.0. The standard InChI is InChI=1S/C33H56N2O14/c1-5-18-12-19(30(42)34-4)13-20(28(18)49-33-27(41)26(40)24(38)15(2)45-33)47-32-23(35-16(3)37)29(25(39)22(14-36)48-32)46-21(31(43)44)11-17-9-7-6-8-10-17/h15,17-29,32-33,36,38-41H,5-14H2,1-4H3,(H,34,42)(H,35,37)(H,43,44)/t15?,18?,19?,20-,21+,22?,23?,24-,25+,26+,27?,28-,29?,32-,33+/m1/s1. The van der Waals surface area contributed by atoms with E-state index in [-0.39, 0.29) is 30.6 Å². The molecule has 282 valence electrons. The maximum atomic E-state index is 12.9. The van der Waals surface area contributed by atoms with E-state index in [0.717, 1.165) is 32.1 Å². The van der Waals surface area contributed by atoms with Crippen LogP contribution in [0.1, 0.15) is 78.6 Å². The van der Waals surface area contributed by atoms with Gasteiger partial charge >= 0.3 is 5.97 Å². The van der Waals surface area contributed by atoms with Gasteiger partial charge < -0.3 is 65.0 Å². The summed E-state index contributed by atoms with van der Waals surface area (Å²) in [6.45, 7) is 3.97. The Morgan fingerprint density at radius 1 is 0.898 bits per heavy atom. The summed E-state index contributed by atoms with van der Waals surface area (Å²) < 4.78 is 30.7. The zero-order valence-electron chi connectivity index (χ0n) is 28.8. The van der Waals surface area contributed by atoms with E-state index in [1.807, 2.05) is 6.92 Å². The Labute approximate surface area is 286 Å². The Morgan fingerprint density at radius 3 is 2.18 bits per heavy atom. The highest BCUT2D eigenvalue weighted by Crippen LogP contribution is 2.40. The Morgan fingerprint density at radius 2 is 1.59 bits per heavy atom. The minimum Gasteiger partial charge on any atom is -0.479 e. The number of aliphatic carboxylic acids is 1. The molecule has 4 rings (SSSR count). The van der Waals surface area contributed by atoms with Crippen molar-refractivity contribution in [3.05, 3.63) is 0 Å². The summed E-state index contributed by atoms with van der Waals surface area (Å²) >= 11 is 0. The topological polar surface area (TPSA) is 243 Å². The van der Waals surface area contributed by atoms with E-state index in [9.17, 15) is 45.0 Å². The van der Waals surface area contributed by atoms with Gasteiger partial charge in [0.25, 0.3) is 0 Å². The zero-order valence-corrected chi connectivity index (χ0v) is 28.8. The van der Waals surface area contributed by atoms with Crippen molar-refractivity contribution in [2.75, 3.05) is 13.7 Å². The number of carboxylic acids is 1. The van der Waals surface area contributed by atoms with Crippen LogP contribution >= 0.6 is 0 Å². The van der Waals surface area contributed by atoms with Crippen LogP contribution < -0.4 is 10.6 Å². The van der Waals surface area contributed by atoms with Gasteiger partial charge in [0.05, 0.1) is 24.9 Å². The van der Waals surface area contributed by atoms with E-state index in [1.54, 1.807) is 0 Å². The largest absolute Gasteiger partial charge is 0.479 e. The van der Waals surface area contributed by atoms with E-state index in [2.05, 4.69) is 10.6 Å². The molecule has 0 radical (unpaired) electrons. The molecule has 15 atom stereocenters. The highest BCUT2D eigenvalue weighted by atomic mass is 16.7. The summed E-state index contributed by atoms with van der Waals surface area (Å²) in [6.07, 6.45) is -9.60. The van der Waals surface area contributed by atoms with Gasteiger partial charge in [-0.15, -0.1) is 0 Å². The van der Waals surface area contributed by atoms with E-state index in [4.69, 9.17) is 23.7 Å². The van der Waals surface area contributed by atoms with Crippen LogP contribution in [0.15, 0.2) is 0 Å². The summed E-state index contributed by atoms with van der Waals surface area (Å²) in [5, 5.41) is 68.4. The second kappa shape index (κ2) is 18.0. The zero-order chi connectivity index (χ0) is 36.0. The van der Waals surface area contributed by atoms with Crippen molar-refractivity contribution < 1.29 is 68.7 Å². The molecule has 2 aliphatic heterocycles. The summed E-state index contributed by atoms with van der Waals surface area (Å²) in [4.78, 5) is 37.9. The maximum absolute atomic E-state index is 12.9.